The molecule has 0 spiro atoms. The van der Waals surface area contributed by atoms with Crippen LogP contribution in [0.4, 0.5) is 5.69 Å². The molecule has 36 heavy (non-hydrogen) atoms. The van der Waals surface area contributed by atoms with E-state index in [9.17, 15) is 9.59 Å². The molecule has 1 N–H and O–H groups in total. The highest BCUT2D eigenvalue weighted by Gasteiger charge is 2.36. The van der Waals surface area contributed by atoms with Gasteiger partial charge in [-0.3, -0.25) is 14.5 Å². The molecular formula is C28H26N4O3S. The number of rotatable bonds is 7. The highest BCUT2D eigenvalue weighted by atomic mass is 32.1. The zero-order valence-corrected chi connectivity index (χ0v) is 20.5. The van der Waals surface area contributed by atoms with Gasteiger partial charge in [0.05, 0.1) is 6.20 Å². The molecule has 2 aliphatic rings. The number of amides is 2. The van der Waals surface area contributed by atoms with Crippen molar-refractivity contribution in [3.63, 3.8) is 0 Å². The van der Waals surface area contributed by atoms with Gasteiger partial charge >= 0.3 is 0 Å². The van der Waals surface area contributed by atoms with E-state index in [1.54, 1.807) is 11.6 Å². The predicted molar refractivity (Wildman–Crippen MR) is 139 cm³/mol. The van der Waals surface area contributed by atoms with Gasteiger partial charge in [0, 0.05) is 22.7 Å². The monoisotopic (exact) mass is 498 g/mol. The number of carbonyl (C=O) groups is 2. The maximum atomic E-state index is 13.9. The van der Waals surface area contributed by atoms with Crippen LogP contribution in [0.25, 0.3) is 11.3 Å². The molecule has 182 valence electrons. The van der Waals surface area contributed by atoms with Gasteiger partial charge in [0.25, 0.3) is 5.91 Å². The Balaban J connectivity index is 1.54. The van der Waals surface area contributed by atoms with Crippen molar-refractivity contribution in [1.29, 1.82) is 0 Å². The standard InChI is InChI=1S/C28H26N4O3S/c1-2-25-31-23(17-36-25)28(34)32(22-14-12-19(13-15-22)24-16-29-18-35-24)26(20-8-6-7-9-20)27(33)30-21-10-4-3-5-11-21/h1,6-8,12-18,21,26H,3-5,9-11H2,(H,30,33). The number of thiazole rings is 1. The van der Waals surface area contributed by atoms with Crippen molar-refractivity contribution < 1.29 is 14.0 Å². The van der Waals surface area contributed by atoms with E-state index in [0.29, 0.717) is 22.9 Å². The first-order valence-electron chi connectivity index (χ1n) is 12.0. The third kappa shape index (κ3) is 5.02. The fourth-order valence-electron chi connectivity index (χ4n) is 4.73. The topological polar surface area (TPSA) is 88.3 Å². The van der Waals surface area contributed by atoms with E-state index in [1.165, 1.54) is 29.1 Å². The molecule has 7 nitrogen and oxygen atoms in total. The number of benzene rings is 1. The van der Waals surface area contributed by atoms with Crippen LogP contribution >= 0.6 is 11.3 Å². The summed E-state index contributed by atoms with van der Waals surface area (Å²) in [5, 5.41) is 5.29. The SMILES string of the molecule is C#Cc1nc(C(=O)N(c2ccc(-c3cnco3)cc2)C(C(=O)NC2CCCCC2)C2=CC=CC2)cs1. The Morgan fingerprint density at radius 3 is 2.64 bits per heavy atom. The molecule has 0 aliphatic heterocycles. The van der Waals surface area contributed by atoms with E-state index in [1.807, 2.05) is 42.5 Å². The van der Waals surface area contributed by atoms with Gasteiger partial charge in [0.15, 0.2) is 17.2 Å². The van der Waals surface area contributed by atoms with Crippen molar-refractivity contribution in [2.24, 2.45) is 0 Å². The van der Waals surface area contributed by atoms with E-state index >= 15 is 0 Å². The smallest absolute Gasteiger partial charge is 0.278 e. The second-order valence-corrected chi connectivity index (χ2v) is 9.75. The van der Waals surface area contributed by atoms with E-state index in [4.69, 9.17) is 10.8 Å². The molecular weight excluding hydrogens is 472 g/mol. The van der Waals surface area contributed by atoms with Crippen molar-refractivity contribution in [2.75, 3.05) is 4.90 Å². The number of oxazole rings is 1. The van der Waals surface area contributed by atoms with Crippen LogP contribution in [0.1, 0.15) is 54.0 Å². The molecule has 5 rings (SSSR count). The summed E-state index contributed by atoms with van der Waals surface area (Å²) in [6, 6.07) is 6.62. The largest absolute Gasteiger partial charge is 0.444 e. The van der Waals surface area contributed by atoms with Crippen molar-refractivity contribution in [3.05, 3.63) is 76.7 Å². The lowest BCUT2D eigenvalue weighted by atomic mass is 9.94. The molecule has 1 fully saturated rings. The summed E-state index contributed by atoms with van der Waals surface area (Å²) < 4.78 is 5.40. The third-order valence-corrected chi connectivity index (χ3v) is 7.31. The van der Waals surface area contributed by atoms with E-state index in [-0.39, 0.29) is 23.6 Å². The summed E-state index contributed by atoms with van der Waals surface area (Å²) in [4.78, 5) is 37.6. The van der Waals surface area contributed by atoms with Gasteiger partial charge in [-0.25, -0.2) is 9.97 Å². The molecule has 1 saturated carbocycles. The molecule has 1 aromatic carbocycles. The first-order chi connectivity index (χ1) is 17.6. The minimum absolute atomic E-state index is 0.113. The predicted octanol–water partition coefficient (Wildman–Crippen LogP) is 5.13. The van der Waals surface area contributed by atoms with E-state index < -0.39 is 6.04 Å². The van der Waals surface area contributed by atoms with Gasteiger partial charge in [-0.1, -0.05) is 37.5 Å². The normalized spacial score (nSPS) is 16.2. The molecule has 3 aromatic rings. The average molecular weight is 499 g/mol. The minimum atomic E-state index is -0.818. The zero-order chi connectivity index (χ0) is 24.9. The summed E-state index contributed by atoms with van der Waals surface area (Å²) in [6.45, 7) is 0. The Labute approximate surface area is 213 Å². The molecule has 0 bridgehead atoms. The molecule has 2 aromatic heterocycles. The summed E-state index contributed by atoms with van der Waals surface area (Å²) in [5.74, 6) is 2.54. The first kappa shape index (κ1) is 23.8. The lowest BCUT2D eigenvalue weighted by molar-refractivity contribution is -0.122. The van der Waals surface area contributed by atoms with Gasteiger partial charge < -0.3 is 9.73 Å². The van der Waals surface area contributed by atoms with Gasteiger partial charge in [-0.2, -0.15) is 0 Å². The Kier molecular flexibility index (Phi) is 7.10. The number of carbonyl (C=O) groups excluding carboxylic acids is 2. The Morgan fingerprint density at radius 1 is 1.19 bits per heavy atom. The van der Waals surface area contributed by atoms with Crippen LogP contribution in [0, 0.1) is 12.3 Å². The van der Waals surface area contributed by atoms with Gasteiger partial charge in [-0.05, 0) is 55.0 Å². The summed E-state index contributed by atoms with van der Waals surface area (Å²) in [7, 11) is 0. The maximum Gasteiger partial charge on any atom is 0.278 e. The second kappa shape index (κ2) is 10.8. The van der Waals surface area contributed by atoms with E-state index in [2.05, 4.69) is 21.2 Å². The number of nitrogens with one attached hydrogen (secondary N) is 1. The van der Waals surface area contributed by atoms with Crippen molar-refractivity contribution >= 4 is 28.8 Å². The number of anilines is 1. The maximum absolute atomic E-state index is 13.9. The molecule has 2 heterocycles. The quantitative estimate of drug-likeness (QED) is 0.456. The second-order valence-electron chi connectivity index (χ2n) is 8.89. The van der Waals surface area contributed by atoms with Crippen LogP contribution in [0.2, 0.25) is 0 Å². The van der Waals surface area contributed by atoms with Crippen LogP contribution < -0.4 is 10.2 Å². The summed E-state index contributed by atoms with van der Waals surface area (Å²) >= 11 is 1.23. The average Bonchev–Trinajstić information content (AvgIpc) is 3.70. The fourth-order valence-corrected chi connectivity index (χ4v) is 5.33. The molecule has 8 heteroatoms. The highest BCUT2D eigenvalue weighted by molar-refractivity contribution is 7.10. The summed E-state index contributed by atoms with van der Waals surface area (Å²) in [6.07, 6.45) is 20.2. The Hall–Kier alpha value is -3.96. The number of nitrogens with zero attached hydrogens (tertiary/aromatic N) is 3. The van der Waals surface area contributed by atoms with Gasteiger partial charge in [0.1, 0.15) is 11.7 Å². The molecule has 0 radical (unpaired) electrons. The number of allylic oxidation sites excluding steroid dienone is 3. The minimum Gasteiger partial charge on any atom is -0.444 e. The van der Waals surface area contributed by atoms with Crippen molar-refractivity contribution in [3.8, 4) is 23.7 Å². The number of aromatic nitrogens is 2. The van der Waals surface area contributed by atoms with Crippen molar-refractivity contribution in [2.45, 2.75) is 50.6 Å². The zero-order valence-electron chi connectivity index (χ0n) is 19.7. The first-order valence-corrected chi connectivity index (χ1v) is 12.9. The van der Waals surface area contributed by atoms with Crippen LogP contribution in [0.15, 0.2) is 70.5 Å². The van der Waals surface area contributed by atoms with Crippen LogP contribution in [0.5, 0.6) is 0 Å². The molecule has 1 unspecified atom stereocenters. The van der Waals surface area contributed by atoms with Crippen LogP contribution in [0.3, 0.4) is 0 Å². The molecule has 1 atom stereocenters. The summed E-state index contributed by atoms with van der Waals surface area (Å²) in [5.41, 5.74) is 2.46. The molecule has 0 saturated heterocycles. The third-order valence-electron chi connectivity index (χ3n) is 6.54. The van der Waals surface area contributed by atoms with E-state index in [0.717, 1.165) is 36.8 Å². The van der Waals surface area contributed by atoms with Crippen LogP contribution in [-0.2, 0) is 4.79 Å². The highest BCUT2D eigenvalue weighted by Crippen LogP contribution is 2.30. The number of terminal acetylenes is 1. The number of hydrogen-bond acceptors (Lipinski definition) is 6. The Bertz CT molecular complexity index is 1330. The van der Waals surface area contributed by atoms with Crippen molar-refractivity contribution in [1.82, 2.24) is 15.3 Å². The molecule has 2 amide bonds. The number of hydrogen-bond donors (Lipinski definition) is 1. The van der Waals surface area contributed by atoms with Crippen LogP contribution in [-0.4, -0.2) is 33.9 Å². The molecule has 2 aliphatic carbocycles. The van der Waals surface area contributed by atoms with Gasteiger partial charge in [0.2, 0.25) is 5.91 Å². The lowest BCUT2D eigenvalue weighted by Crippen LogP contribution is -2.53. The Morgan fingerprint density at radius 2 is 2.00 bits per heavy atom. The van der Waals surface area contributed by atoms with Gasteiger partial charge in [-0.15, -0.1) is 17.8 Å². The fraction of sp³-hybridized carbons (Fsp3) is 0.286. The lowest BCUT2D eigenvalue weighted by Gasteiger charge is -2.33.